The minimum Gasteiger partial charge on any atom is -0.480 e. The number of rotatable bonds is 27. The lowest BCUT2D eigenvalue weighted by Gasteiger charge is -2.27. The third-order valence-electron chi connectivity index (χ3n) is 9.55. The molecule has 7 atom stereocenters. The van der Waals surface area contributed by atoms with Crippen LogP contribution >= 0.6 is 0 Å². The number of hydrogen-bond acceptors (Lipinski definition) is 12. The number of hydrogen-bond donors (Lipinski definition) is 11. The molecule has 0 saturated carbocycles. The number of aliphatic carboxylic acids is 1. The smallest absolute Gasteiger partial charge is 0.326 e. The van der Waals surface area contributed by atoms with Gasteiger partial charge in [-0.3, -0.25) is 43.2 Å². The fourth-order valence-electron chi connectivity index (χ4n) is 6.32. The largest absolute Gasteiger partial charge is 0.480 e. The molecule has 0 aliphatic carbocycles. The number of carbonyl (C=O) groups is 10. The van der Waals surface area contributed by atoms with Gasteiger partial charge in [-0.25, -0.2) is 4.79 Å². The molecule has 1 fully saturated rings. The molecule has 1 rings (SSSR count). The molecule has 60 heavy (non-hydrogen) atoms. The van der Waals surface area contributed by atoms with E-state index in [0.29, 0.717) is 32.2 Å². The average Bonchev–Trinajstić information content (AvgIpc) is 3.67. The Morgan fingerprint density at radius 3 is 1.68 bits per heavy atom. The van der Waals surface area contributed by atoms with Gasteiger partial charge in [0.1, 0.15) is 42.3 Å². The van der Waals surface area contributed by atoms with E-state index in [1.807, 2.05) is 0 Å². The summed E-state index contributed by atoms with van der Waals surface area (Å²) in [4.78, 5) is 129. The summed E-state index contributed by atoms with van der Waals surface area (Å²) >= 11 is 0. The Kier molecular flexibility index (Phi) is 23.4. The number of primary amides is 1. The van der Waals surface area contributed by atoms with Crippen molar-refractivity contribution in [1.82, 2.24) is 42.1 Å². The highest BCUT2D eigenvalue weighted by molar-refractivity contribution is 5.97. The molecular formula is C38H67N11O11. The predicted molar refractivity (Wildman–Crippen MR) is 218 cm³/mol. The molecule has 1 saturated heterocycles. The number of carboxylic acid groups (broad SMARTS) is 1. The molecule has 0 unspecified atom stereocenters. The van der Waals surface area contributed by atoms with Crippen LogP contribution in [0.2, 0.25) is 0 Å². The van der Waals surface area contributed by atoms with E-state index in [0.717, 1.165) is 0 Å². The monoisotopic (exact) mass is 854 g/mol. The molecular weight excluding hydrogens is 786 g/mol. The Hall–Kier alpha value is -5.38. The summed E-state index contributed by atoms with van der Waals surface area (Å²) in [5.74, 6) is -7.67. The minimum absolute atomic E-state index is 0.108. The molecule has 22 nitrogen and oxygen atoms in total. The molecule has 22 heteroatoms. The third-order valence-corrected chi connectivity index (χ3v) is 9.55. The van der Waals surface area contributed by atoms with Crippen LogP contribution in [0.25, 0.3) is 0 Å². The predicted octanol–water partition coefficient (Wildman–Crippen LogP) is -3.43. The summed E-state index contributed by atoms with van der Waals surface area (Å²) in [5.41, 5.74) is 16.0. The van der Waals surface area contributed by atoms with Gasteiger partial charge < -0.3 is 64.4 Å². The quantitative estimate of drug-likeness (QED) is 0.0359. The highest BCUT2D eigenvalue weighted by atomic mass is 16.4. The van der Waals surface area contributed by atoms with Gasteiger partial charge in [0.25, 0.3) is 0 Å². The van der Waals surface area contributed by atoms with Crippen LogP contribution in [0.3, 0.4) is 0 Å². The number of likely N-dealkylation sites (tertiary alicyclic amines) is 1. The molecule has 1 aliphatic heterocycles. The van der Waals surface area contributed by atoms with Crippen LogP contribution in [-0.4, -0.2) is 138 Å². The highest BCUT2D eigenvalue weighted by Crippen LogP contribution is 2.18. The molecule has 0 aromatic carbocycles. The van der Waals surface area contributed by atoms with E-state index in [1.165, 1.54) is 18.7 Å². The zero-order valence-electron chi connectivity index (χ0n) is 35.6. The maximum absolute atomic E-state index is 13.4. The van der Waals surface area contributed by atoms with Crippen molar-refractivity contribution in [2.75, 3.05) is 26.2 Å². The van der Waals surface area contributed by atoms with Gasteiger partial charge >= 0.3 is 5.97 Å². The van der Waals surface area contributed by atoms with E-state index in [2.05, 4.69) is 37.2 Å². The maximum Gasteiger partial charge on any atom is 0.326 e. The number of nitrogens with zero attached hydrogens (tertiary/aromatic N) is 1. The maximum atomic E-state index is 13.4. The fourth-order valence-corrected chi connectivity index (χ4v) is 6.32. The van der Waals surface area contributed by atoms with Crippen molar-refractivity contribution in [2.45, 2.75) is 142 Å². The van der Waals surface area contributed by atoms with Gasteiger partial charge in [-0.1, -0.05) is 27.7 Å². The molecule has 0 radical (unpaired) electrons. The van der Waals surface area contributed by atoms with Crippen molar-refractivity contribution >= 4 is 59.1 Å². The second-order valence-electron chi connectivity index (χ2n) is 15.8. The van der Waals surface area contributed by atoms with Crippen LogP contribution in [0.15, 0.2) is 0 Å². The summed E-state index contributed by atoms with van der Waals surface area (Å²) in [6.07, 6.45) is 1.98. The Morgan fingerprint density at radius 1 is 0.650 bits per heavy atom. The van der Waals surface area contributed by atoms with Crippen molar-refractivity contribution in [2.24, 2.45) is 29.0 Å². The summed E-state index contributed by atoms with van der Waals surface area (Å²) in [6, 6.07) is -7.96. The fraction of sp³-hybridized carbons (Fsp3) is 0.737. The molecule has 9 amide bonds. The third kappa shape index (κ3) is 19.1. The SMILES string of the molecule is CC(C)C[C@H](NC(=O)[C@H](C)NC(=O)[C@H](CC(C)C)NC(=O)[C@H](CCC(N)=O)NC(=O)CN)C(=O)N[C@@H](C)C(=O)NCC(=O)N1CCC[C@H]1C(=O)N[C@@H](CCCCN)C(=O)O. The average molecular weight is 854 g/mol. The standard InChI is InChI=1S/C38H67N11O11/c1-20(2)16-26(47-33(54)23(6)44-36(57)27(17-21(3)4)48-34(55)24(12-13-29(41)50)45-30(51)18-40)35(56)43-22(5)32(53)42-19-31(52)49-15-9-11-28(49)37(58)46-25(38(59)60)10-7-8-14-39/h20-28H,7-19,39-40H2,1-6H3,(H2,41,50)(H,42,53)(H,43,56)(H,44,57)(H,45,51)(H,46,58)(H,47,54)(H,48,55)(H,59,60)/t22-,23-,24-,25-,26-,27-,28-/m0/s1. The molecule has 0 spiro atoms. The van der Waals surface area contributed by atoms with Crippen LogP contribution in [-0.2, 0) is 47.9 Å². The first kappa shape index (κ1) is 52.6. The zero-order chi connectivity index (χ0) is 45.7. The first-order chi connectivity index (χ1) is 28.1. The van der Waals surface area contributed by atoms with Crippen molar-refractivity contribution < 1.29 is 53.1 Å². The van der Waals surface area contributed by atoms with Gasteiger partial charge in [-0.05, 0) is 83.6 Å². The lowest BCUT2D eigenvalue weighted by atomic mass is 10.0. The summed E-state index contributed by atoms with van der Waals surface area (Å²) < 4.78 is 0. The Balaban J connectivity index is 2.90. The first-order valence-corrected chi connectivity index (χ1v) is 20.4. The van der Waals surface area contributed by atoms with E-state index >= 15 is 0 Å². The van der Waals surface area contributed by atoms with Crippen LogP contribution < -0.4 is 54.4 Å². The van der Waals surface area contributed by atoms with E-state index in [9.17, 15) is 53.1 Å². The van der Waals surface area contributed by atoms with Crippen molar-refractivity contribution in [3.8, 4) is 0 Å². The number of nitrogens with one attached hydrogen (secondary N) is 7. The summed E-state index contributed by atoms with van der Waals surface area (Å²) in [5, 5.41) is 27.1. The van der Waals surface area contributed by atoms with Crippen molar-refractivity contribution in [3.05, 3.63) is 0 Å². The van der Waals surface area contributed by atoms with E-state index in [-0.39, 0.29) is 50.5 Å². The number of amides is 9. The molecule has 340 valence electrons. The summed E-state index contributed by atoms with van der Waals surface area (Å²) in [7, 11) is 0. The van der Waals surface area contributed by atoms with Crippen molar-refractivity contribution in [3.63, 3.8) is 0 Å². The van der Waals surface area contributed by atoms with Gasteiger partial charge in [-0.15, -0.1) is 0 Å². The molecule has 14 N–H and O–H groups in total. The van der Waals surface area contributed by atoms with Crippen LogP contribution in [0, 0.1) is 11.8 Å². The molecule has 0 bridgehead atoms. The number of unbranched alkanes of at least 4 members (excludes halogenated alkanes) is 1. The molecule has 1 aliphatic rings. The molecule has 1 heterocycles. The van der Waals surface area contributed by atoms with Crippen LogP contribution in [0.1, 0.15) is 99.3 Å². The van der Waals surface area contributed by atoms with E-state index in [1.54, 1.807) is 27.7 Å². The number of carboxylic acids is 1. The van der Waals surface area contributed by atoms with Crippen LogP contribution in [0.4, 0.5) is 0 Å². The van der Waals surface area contributed by atoms with Crippen LogP contribution in [0.5, 0.6) is 0 Å². The second kappa shape index (κ2) is 26.7. The number of carbonyl (C=O) groups excluding carboxylic acids is 9. The van der Waals surface area contributed by atoms with Crippen molar-refractivity contribution in [1.29, 1.82) is 0 Å². The topological polar surface area (TPSA) is 356 Å². The lowest BCUT2D eigenvalue weighted by Crippen LogP contribution is -2.59. The van der Waals surface area contributed by atoms with Gasteiger partial charge in [0.15, 0.2) is 0 Å². The normalized spacial score (nSPS) is 16.6. The van der Waals surface area contributed by atoms with E-state index < -0.39 is 115 Å². The zero-order valence-corrected chi connectivity index (χ0v) is 35.6. The van der Waals surface area contributed by atoms with Gasteiger partial charge in [0.2, 0.25) is 53.2 Å². The van der Waals surface area contributed by atoms with Gasteiger partial charge in [0.05, 0.1) is 13.1 Å². The second-order valence-corrected chi connectivity index (χ2v) is 15.8. The van der Waals surface area contributed by atoms with E-state index in [4.69, 9.17) is 17.2 Å². The Morgan fingerprint density at radius 2 is 1.18 bits per heavy atom. The summed E-state index contributed by atoms with van der Waals surface area (Å²) in [6.45, 7) is 9.64. The number of nitrogens with two attached hydrogens (primary N) is 3. The van der Waals surface area contributed by atoms with Gasteiger partial charge in [0, 0.05) is 13.0 Å². The molecule has 0 aromatic heterocycles. The lowest BCUT2D eigenvalue weighted by molar-refractivity contribution is -0.144. The molecule has 0 aromatic rings. The first-order valence-electron chi connectivity index (χ1n) is 20.4. The minimum atomic E-state index is -1.22. The van der Waals surface area contributed by atoms with Gasteiger partial charge in [-0.2, -0.15) is 0 Å². The highest BCUT2D eigenvalue weighted by Gasteiger charge is 2.36. The Labute approximate surface area is 350 Å². The Bertz CT molecular complexity index is 1530.